The first-order chi connectivity index (χ1) is 19.2. The van der Waals surface area contributed by atoms with Crippen molar-refractivity contribution in [2.75, 3.05) is 7.11 Å². The summed E-state index contributed by atoms with van der Waals surface area (Å²) in [7, 11) is 1.50. The van der Waals surface area contributed by atoms with Crippen LogP contribution in [-0.2, 0) is 28.0 Å². The van der Waals surface area contributed by atoms with Crippen LogP contribution in [0.3, 0.4) is 0 Å². The van der Waals surface area contributed by atoms with Crippen molar-refractivity contribution in [3.63, 3.8) is 0 Å². The molecule has 0 bridgehead atoms. The second kappa shape index (κ2) is 10.4. The summed E-state index contributed by atoms with van der Waals surface area (Å²) in [5.41, 5.74) is 7.74. The minimum absolute atomic E-state index is 0.0568. The first-order valence-corrected chi connectivity index (χ1v) is 15.0. The highest BCUT2D eigenvalue weighted by atomic mass is 19.1. The maximum absolute atomic E-state index is 15.1. The van der Waals surface area contributed by atoms with E-state index in [2.05, 4.69) is 50.2 Å². The van der Waals surface area contributed by atoms with Gasteiger partial charge in [-0.3, -0.25) is 4.79 Å². The van der Waals surface area contributed by atoms with E-state index in [9.17, 15) is 4.79 Å². The Kier molecular flexibility index (Phi) is 7.01. The Morgan fingerprint density at radius 3 is 2.52 bits per heavy atom. The van der Waals surface area contributed by atoms with Crippen molar-refractivity contribution in [1.82, 2.24) is 0 Å². The molecule has 3 atom stereocenters. The summed E-state index contributed by atoms with van der Waals surface area (Å²) in [4.78, 5) is 12.6. The number of ether oxygens (including phenoxy) is 2. The smallest absolute Gasteiger partial charge is 0.309 e. The minimum atomic E-state index is -0.170. The highest BCUT2D eigenvalue weighted by Crippen LogP contribution is 2.56. The highest BCUT2D eigenvalue weighted by molar-refractivity contribution is 5.76. The van der Waals surface area contributed by atoms with Crippen molar-refractivity contribution in [2.24, 2.45) is 11.3 Å². The Balaban J connectivity index is 1.30. The van der Waals surface area contributed by atoms with Gasteiger partial charge in [0.2, 0.25) is 0 Å². The van der Waals surface area contributed by atoms with Crippen molar-refractivity contribution in [3.8, 4) is 16.9 Å². The van der Waals surface area contributed by atoms with E-state index in [-0.39, 0.29) is 28.5 Å². The van der Waals surface area contributed by atoms with Crippen LogP contribution in [-0.4, -0.2) is 13.1 Å². The van der Waals surface area contributed by atoms with Crippen molar-refractivity contribution >= 4 is 5.97 Å². The number of hydrogen-bond donors (Lipinski definition) is 0. The highest BCUT2D eigenvalue weighted by Gasteiger charge is 2.53. The van der Waals surface area contributed by atoms with Crippen LogP contribution < -0.4 is 4.74 Å². The summed E-state index contributed by atoms with van der Waals surface area (Å²) < 4.78 is 26.6. The fraction of sp³-hybridized carbons (Fsp3) is 0.472. The summed E-state index contributed by atoms with van der Waals surface area (Å²) in [6.45, 7) is 7.15. The average Bonchev–Trinajstić information content (AvgIpc) is 3.30. The van der Waals surface area contributed by atoms with E-state index in [1.807, 2.05) is 19.1 Å². The molecule has 0 aromatic heterocycles. The number of fused-ring (bicyclic) bond motifs is 2. The van der Waals surface area contributed by atoms with Gasteiger partial charge in [0, 0.05) is 11.0 Å². The molecule has 3 aromatic carbocycles. The molecule has 0 amide bonds. The lowest BCUT2D eigenvalue weighted by molar-refractivity contribution is -0.153. The monoisotopic (exact) mass is 540 g/mol. The standard InChI is InChI=1S/C36H41FO3/c1-23-9-14-33(37)29(19-23)27-13-10-24(20-28(27)30-8-6-16-35(30,2)3)22-40-26-12-11-25-7-5-17-36(32(25)21-26)18-15-31(36)34(38)39-4/h9-14,19-21,30-31H,5-8,15-18,22H2,1-4H3/t30-,31-,36+/m0/s1. The fourth-order valence-electron chi connectivity index (χ4n) is 7.95. The Morgan fingerprint density at radius 1 is 0.950 bits per heavy atom. The van der Waals surface area contributed by atoms with Crippen LogP contribution in [0.5, 0.6) is 5.75 Å². The van der Waals surface area contributed by atoms with Gasteiger partial charge in [-0.1, -0.05) is 56.2 Å². The molecule has 4 heteroatoms. The lowest BCUT2D eigenvalue weighted by Crippen LogP contribution is -2.50. The van der Waals surface area contributed by atoms with Crippen LogP contribution in [0.2, 0.25) is 0 Å². The number of carbonyl (C=O) groups excluding carboxylic acids is 1. The van der Waals surface area contributed by atoms with Crippen molar-refractivity contribution in [1.29, 1.82) is 0 Å². The zero-order valence-corrected chi connectivity index (χ0v) is 24.3. The molecule has 0 unspecified atom stereocenters. The van der Waals surface area contributed by atoms with Crippen LogP contribution >= 0.6 is 0 Å². The number of rotatable bonds is 6. The van der Waals surface area contributed by atoms with Gasteiger partial charge in [-0.2, -0.15) is 0 Å². The molecule has 0 heterocycles. The second-order valence-electron chi connectivity index (χ2n) is 13.1. The molecule has 0 N–H and O–H groups in total. The number of methoxy groups -OCH3 is 1. The summed E-state index contributed by atoms with van der Waals surface area (Å²) in [6, 6.07) is 18.3. The molecular formula is C36H41FO3. The van der Waals surface area contributed by atoms with Gasteiger partial charge >= 0.3 is 5.97 Å². The molecule has 0 aliphatic heterocycles. The largest absolute Gasteiger partial charge is 0.489 e. The molecule has 3 aromatic rings. The van der Waals surface area contributed by atoms with Crippen molar-refractivity contribution in [3.05, 3.63) is 88.2 Å². The molecule has 0 radical (unpaired) electrons. The Bertz CT molecular complexity index is 1440. The molecule has 2 fully saturated rings. The normalized spacial score (nSPS) is 24.8. The third-order valence-electron chi connectivity index (χ3n) is 10.3. The number of halogens is 1. The number of benzene rings is 3. The maximum atomic E-state index is 15.1. The SMILES string of the molecule is COC(=O)[C@@H]1CC[C@]12CCCc1ccc(OCc3ccc(-c4cc(C)ccc4F)c([C@@H]4CCCC4(C)C)c3)cc12. The lowest BCUT2D eigenvalue weighted by atomic mass is 9.52. The Hall–Kier alpha value is -3.14. The van der Waals surface area contributed by atoms with Gasteiger partial charge in [-0.05, 0) is 115 Å². The van der Waals surface area contributed by atoms with E-state index < -0.39 is 0 Å². The summed E-state index contributed by atoms with van der Waals surface area (Å²) in [5, 5.41) is 0. The van der Waals surface area contributed by atoms with E-state index >= 15 is 4.39 Å². The Morgan fingerprint density at radius 2 is 1.80 bits per heavy atom. The third-order valence-corrected chi connectivity index (χ3v) is 10.3. The van der Waals surface area contributed by atoms with E-state index in [1.165, 1.54) is 36.6 Å². The van der Waals surface area contributed by atoms with Gasteiger partial charge in [0.15, 0.2) is 0 Å². The summed E-state index contributed by atoms with van der Waals surface area (Å²) >= 11 is 0. The molecule has 6 rings (SSSR count). The summed E-state index contributed by atoms with van der Waals surface area (Å²) in [6.07, 6.45) is 8.59. The molecule has 210 valence electrons. The molecule has 0 saturated heterocycles. The van der Waals surface area contributed by atoms with Crippen LogP contribution in [0, 0.1) is 24.1 Å². The van der Waals surface area contributed by atoms with Gasteiger partial charge in [0.05, 0.1) is 13.0 Å². The van der Waals surface area contributed by atoms with E-state index in [4.69, 9.17) is 9.47 Å². The van der Waals surface area contributed by atoms with Gasteiger partial charge in [0.1, 0.15) is 18.2 Å². The zero-order valence-electron chi connectivity index (χ0n) is 24.3. The minimum Gasteiger partial charge on any atom is -0.489 e. The van der Waals surface area contributed by atoms with Gasteiger partial charge in [-0.15, -0.1) is 0 Å². The van der Waals surface area contributed by atoms with Gasteiger partial charge in [0.25, 0.3) is 0 Å². The van der Waals surface area contributed by atoms with Crippen LogP contribution in [0.1, 0.15) is 92.5 Å². The number of aryl methyl sites for hydroxylation is 2. The van der Waals surface area contributed by atoms with Gasteiger partial charge in [-0.25, -0.2) is 4.39 Å². The zero-order chi connectivity index (χ0) is 28.1. The van der Waals surface area contributed by atoms with Crippen molar-refractivity contribution < 1.29 is 18.7 Å². The van der Waals surface area contributed by atoms with E-state index in [0.29, 0.717) is 18.1 Å². The molecule has 3 nitrogen and oxygen atoms in total. The maximum Gasteiger partial charge on any atom is 0.309 e. The quantitative estimate of drug-likeness (QED) is 0.293. The molecule has 3 aliphatic rings. The van der Waals surface area contributed by atoms with Crippen LogP contribution in [0.15, 0.2) is 54.6 Å². The van der Waals surface area contributed by atoms with E-state index in [0.717, 1.165) is 61.0 Å². The van der Waals surface area contributed by atoms with E-state index in [1.54, 1.807) is 6.07 Å². The first kappa shape index (κ1) is 27.1. The average molecular weight is 541 g/mol. The summed E-state index contributed by atoms with van der Waals surface area (Å²) in [5.74, 6) is 0.902. The Labute approximate surface area is 238 Å². The second-order valence-corrected chi connectivity index (χ2v) is 13.1. The molecule has 2 saturated carbocycles. The lowest BCUT2D eigenvalue weighted by Gasteiger charge is -2.51. The molecule has 3 aliphatic carbocycles. The number of esters is 1. The molecular weight excluding hydrogens is 499 g/mol. The van der Waals surface area contributed by atoms with Crippen molar-refractivity contribution in [2.45, 2.75) is 90.1 Å². The van der Waals surface area contributed by atoms with Gasteiger partial charge < -0.3 is 9.47 Å². The third kappa shape index (κ3) is 4.63. The molecule has 40 heavy (non-hydrogen) atoms. The molecule has 1 spiro atoms. The predicted molar refractivity (Wildman–Crippen MR) is 157 cm³/mol. The predicted octanol–water partition coefficient (Wildman–Crippen LogP) is 8.83. The number of hydrogen-bond acceptors (Lipinski definition) is 3. The topological polar surface area (TPSA) is 35.5 Å². The fourth-order valence-corrected chi connectivity index (χ4v) is 7.95. The number of carbonyl (C=O) groups is 1. The first-order valence-electron chi connectivity index (χ1n) is 15.0. The van der Waals surface area contributed by atoms with Crippen LogP contribution in [0.4, 0.5) is 4.39 Å². The van der Waals surface area contributed by atoms with Crippen LogP contribution in [0.25, 0.3) is 11.1 Å².